The van der Waals surface area contributed by atoms with E-state index in [1.807, 2.05) is 51.1 Å². The summed E-state index contributed by atoms with van der Waals surface area (Å²) in [5.41, 5.74) is 4.51. The van der Waals surface area contributed by atoms with Gasteiger partial charge in [0.25, 0.3) is 0 Å². The van der Waals surface area contributed by atoms with E-state index >= 15 is 0 Å². The normalized spacial score (nSPS) is 20.8. The molecule has 1 fully saturated rings. The second kappa shape index (κ2) is 8.12. The summed E-state index contributed by atoms with van der Waals surface area (Å²) >= 11 is 0. The van der Waals surface area contributed by atoms with Gasteiger partial charge in [-0.15, -0.1) is 0 Å². The number of nitrogens with zero attached hydrogens (tertiary/aromatic N) is 4. The lowest BCUT2D eigenvalue weighted by Crippen LogP contribution is -2.44. The molecule has 1 saturated heterocycles. The number of allylic oxidation sites excluding steroid dienone is 3. The number of aromatic nitrogens is 3. The Balaban J connectivity index is 1.99. The van der Waals surface area contributed by atoms with Crippen molar-refractivity contribution in [2.45, 2.75) is 26.4 Å². The van der Waals surface area contributed by atoms with Crippen LogP contribution in [-0.2, 0) is 10.5 Å². The minimum atomic E-state index is -0.533. The minimum absolute atomic E-state index is 0.533. The van der Waals surface area contributed by atoms with Gasteiger partial charge in [0.1, 0.15) is 18.1 Å². The summed E-state index contributed by atoms with van der Waals surface area (Å²) < 4.78 is 0. The number of hydrogen-bond donors (Lipinski definition) is 2. The van der Waals surface area contributed by atoms with Crippen molar-refractivity contribution in [2.75, 3.05) is 12.4 Å². The number of anilines is 1. The monoisotopic (exact) mass is 388 g/mol. The van der Waals surface area contributed by atoms with Crippen molar-refractivity contribution in [1.82, 2.24) is 25.2 Å². The van der Waals surface area contributed by atoms with E-state index in [9.17, 15) is 4.79 Å². The zero-order valence-corrected chi connectivity index (χ0v) is 17.0. The van der Waals surface area contributed by atoms with Crippen LogP contribution in [0.5, 0.6) is 0 Å². The Morgan fingerprint density at radius 3 is 2.83 bits per heavy atom. The van der Waals surface area contributed by atoms with Crippen molar-refractivity contribution in [3.63, 3.8) is 0 Å². The lowest BCUT2D eigenvalue weighted by atomic mass is 10.1. The SMILES string of the molecule is C=C1NC(C)(c2cccc(C)n2)N(C)/C1=C(C)\C=C(/C=C=O)Nc1ccncn1. The third kappa shape index (κ3) is 4.10. The third-order valence-corrected chi connectivity index (χ3v) is 4.89. The van der Waals surface area contributed by atoms with Crippen LogP contribution in [0.15, 0.2) is 78.2 Å². The Bertz CT molecular complexity index is 1040. The Morgan fingerprint density at radius 2 is 2.17 bits per heavy atom. The first-order valence-electron chi connectivity index (χ1n) is 9.17. The molecule has 0 bridgehead atoms. The van der Waals surface area contributed by atoms with Crippen molar-refractivity contribution in [2.24, 2.45) is 0 Å². The van der Waals surface area contributed by atoms with Gasteiger partial charge in [-0.25, -0.2) is 14.8 Å². The molecule has 2 aromatic rings. The number of aryl methyl sites for hydroxylation is 1. The average molecular weight is 388 g/mol. The van der Waals surface area contributed by atoms with E-state index in [1.54, 1.807) is 12.3 Å². The van der Waals surface area contributed by atoms with Crippen LogP contribution in [-0.4, -0.2) is 32.8 Å². The van der Waals surface area contributed by atoms with E-state index < -0.39 is 5.66 Å². The lowest BCUT2D eigenvalue weighted by Gasteiger charge is -2.33. The molecule has 1 aliphatic heterocycles. The van der Waals surface area contributed by atoms with Gasteiger partial charge in [-0.1, -0.05) is 12.6 Å². The first kappa shape index (κ1) is 20.0. The second-order valence-corrected chi connectivity index (χ2v) is 7.01. The summed E-state index contributed by atoms with van der Waals surface area (Å²) in [6, 6.07) is 7.68. The fourth-order valence-corrected chi connectivity index (χ4v) is 3.41. The Morgan fingerprint density at radius 1 is 1.38 bits per heavy atom. The highest BCUT2D eigenvalue weighted by Crippen LogP contribution is 2.37. The molecule has 3 heterocycles. The standard InChI is InChI=1S/C22H24N6O/c1-15(13-18(10-12-29)26-20-9-11-23-14-24-20)21-17(3)27-22(4,28(21)5)19-8-6-7-16(2)25-19/h6-11,13-14,27H,3H2,1-2,4-5H3,(H,23,24,26)/b18-13+,21-15-. The smallest absolute Gasteiger partial charge is 0.151 e. The number of pyridine rings is 1. The van der Waals surface area contributed by atoms with Crippen LogP contribution >= 0.6 is 0 Å². The topological polar surface area (TPSA) is 83.0 Å². The number of hydrogen-bond acceptors (Lipinski definition) is 7. The molecule has 1 unspecified atom stereocenters. The molecular formula is C22H24N6O. The number of likely N-dealkylation sites (N-methyl/N-ethyl adjacent to an activating group) is 1. The van der Waals surface area contributed by atoms with Crippen LogP contribution in [0.1, 0.15) is 25.2 Å². The molecule has 29 heavy (non-hydrogen) atoms. The highest BCUT2D eigenvalue weighted by Gasteiger charge is 2.41. The Labute approximate surface area is 170 Å². The van der Waals surface area contributed by atoms with E-state index in [0.29, 0.717) is 11.5 Å². The number of rotatable bonds is 5. The third-order valence-electron chi connectivity index (χ3n) is 4.89. The largest absolute Gasteiger partial charge is 0.357 e. The lowest BCUT2D eigenvalue weighted by molar-refractivity contribution is 0.192. The molecule has 0 aromatic carbocycles. The van der Waals surface area contributed by atoms with Crippen molar-refractivity contribution < 1.29 is 4.79 Å². The van der Waals surface area contributed by atoms with Gasteiger partial charge in [0.2, 0.25) is 0 Å². The quantitative estimate of drug-likeness (QED) is 0.602. The number of carbonyl (C=O) groups excluding carboxylic acids is 1. The zero-order valence-electron chi connectivity index (χ0n) is 17.0. The van der Waals surface area contributed by atoms with E-state index in [4.69, 9.17) is 0 Å². The van der Waals surface area contributed by atoms with Crippen molar-refractivity contribution in [3.05, 3.63) is 89.6 Å². The van der Waals surface area contributed by atoms with Gasteiger partial charge in [-0.3, -0.25) is 4.98 Å². The molecule has 1 aliphatic rings. The maximum Gasteiger partial charge on any atom is 0.151 e. The van der Waals surface area contributed by atoms with E-state index in [-0.39, 0.29) is 0 Å². The van der Waals surface area contributed by atoms with Crippen LogP contribution in [0, 0.1) is 6.92 Å². The molecule has 148 valence electrons. The predicted molar refractivity (Wildman–Crippen MR) is 113 cm³/mol. The molecule has 0 amide bonds. The summed E-state index contributed by atoms with van der Waals surface area (Å²) in [5, 5.41) is 6.56. The van der Waals surface area contributed by atoms with E-state index in [0.717, 1.165) is 28.4 Å². The van der Waals surface area contributed by atoms with Gasteiger partial charge < -0.3 is 15.5 Å². The Hall–Kier alpha value is -3.70. The molecule has 7 heteroatoms. The van der Waals surface area contributed by atoms with Crippen LogP contribution in [0.25, 0.3) is 0 Å². The van der Waals surface area contributed by atoms with Crippen LogP contribution in [0.2, 0.25) is 0 Å². The molecule has 1 atom stereocenters. The average Bonchev–Trinajstić information content (AvgIpc) is 2.92. The highest BCUT2D eigenvalue weighted by atomic mass is 16.1. The molecule has 0 spiro atoms. The fraction of sp³-hybridized carbons (Fsp3) is 0.227. The summed E-state index contributed by atoms with van der Waals surface area (Å²) in [7, 11) is 1.99. The minimum Gasteiger partial charge on any atom is -0.357 e. The summed E-state index contributed by atoms with van der Waals surface area (Å²) in [6.45, 7) is 10.2. The van der Waals surface area contributed by atoms with Crippen molar-refractivity contribution >= 4 is 11.8 Å². The summed E-state index contributed by atoms with van der Waals surface area (Å²) in [5.74, 6) is 2.41. The molecule has 3 rings (SSSR count). The van der Waals surface area contributed by atoms with Crippen LogP contribution in [0.3, 0.4) is 0 Å². The van der Waals surface area contributed by atoms with Gasteiger partial charge in [0, 0.05) is 25.0 Å². The fourth-order valence-electron chi connectivity index (χ4n) is 3.41. The predicted octanol–water partition coefficient (Wildman–Crippen LogP) is 3.06. The Kier molecular flexibility index (Phi) is 5.61. The molecule has 0 radical (unpaired) electrons. The molecular weight excluding hydrogens is 364 g/mol. The molecule has 7 nitrogen and oxygen atoms in total. The molecule has 2 aromatic heterocycles. The maximum absolute atomic E-state index is 11.0. The molecule has 0 saturated carbocycles. The summed E-state index contributed by atoms with van der Waals surface area (Å²) in [6.07, 6.45) is 6.26. The second-order valence-electron chi connectivity index (χ2n) is 7.01. The maximum atomic E-state index is 11.0. The van der Waals surface area contributed by atoms with Crippen LogP contribution in [0.4, 0.5) is 5.82 Å². The van der Waals surface area contributed by atoms with E-state index in [2.05, 4.69) is 44.0 Å². The zero-order chi connectivity index (χ0) is 21.0. The number of nitrogens with one attached hydrogen (secondary N) is 2. The molecule has 0 aliphatic carbocycles. The first-order chi connectivity index (χ1) is 13.8. The first-order valence-corrected chi connectivity index (χ1v) is 9.17. The van der Waals surface area contributed by atoms with Crippen LogP contribution < -0.4 is 10.6 Å². The van der Waals surface area contributed by atoms with Crippen molar-refractivity contribution in [3.8, 4) is 0 Å². The van der Waals surface area contributed by atoms with Gasteiger partial charge in [-0.05, 0) is 50.6 Å². The summed E-state index contributed by atoms with van der Waals surface area (Å²) in [4.78, 5) is 25.8. The van der Waals surface area contributed by atoms with Gasteiger partial charge in [0.15, 0.2) is 5.66 Å². The van der Waals surface area contributed by atoms with Gasteiger partial charge >= 0.3 is 0 Å². The van der Waals surface area contributed by atoms with Gasteiger partial charge in [-0.2, -0.15) is 0 Å². The highest BCUT2D eigenvalue weighted by molar-refractivity contribution is 5.59. The van der Waals surface area contributed by atoms with E-state index in [1.165, 1.54) is 12.4 Å². The van der Waals surface area contributed by atoms with Crippen molar-refractivity contribution in [1.29, 1.82) is 0 Å². The van der Waals surface area contributed by atoms with Gasteiger partial charge in [0.05, 0.1) is 22.8 Å². The molecule has 2 N–H and O–H groups in total.